The van der Waals surface area contributed by atoms with Crippen LogP contribution in [0.15, 0.2) is 0 Å². The highest BCUT2D eigenvalue weighted by atomic mass is 16.5. The van der Waals surface area contributed by atoms with Crippen LogP contribution in [-0.4, -0.2) is 39.9 Å². The van der Waals surface area contributed by atoms with Crippen molar-refractivity contribution in [3.63, 3.8) is 0 Å². The molecule has 0 amide bonds. The summed E-state index contributed by atoms with van der Waals surface area (Å²) in [6.07, 6.45) is 41.5. The molecule has 0 aliphatic heterocycles. The summed E-state index contributed by atoms with van der Waals surface area (Å²) in [5.41, 5.74) is -0.371. The number of rotatable bonds is 9. The van der Waals surface area contributed by atoms with Crippen LogP contribution in [0.5, 0.6) is 0 Å². The van der Waals surface area contributed by atoms with Crippen molar-refractivity contribution < 1.29 is 20.4 Å². The lowest BCUT2D eigenvalue weighted by molar-refractivity contribution is -0.0929. The highest BCUT2D eigenvalue weighted by molar-refractivity contribution is 4.88. The minimum atomic E-state index is -1.25. The molecule has 0 aromatic carbocycles. The number of aliphatic hydroxyl groups is 4. The lowest BCUT2D eigenvalue weighted by Gasteiger charge is -2.41. The molecule has 3 atom stereocenters. The first-order valence-electron chi connectivity index (χ1n) is 20.6. The zero-order valence-corrected chi connectivity index (χ0v) is 30.6. The van der Waals surface area contributed by atoms with Crippen LogP contribution in [0.25, 0.3) is 0 Å². The molecule has 3 aliphatic rings. The van der Waals surface area contributed by atoms with Gasteiger partial charge in [-0.1, -0.05) is 187 Å². The molecule has 3 aliphatic carbocycles. The van der Waals surface area contributed by atoms with Crippen LogP contribution in [0.4, 0.5) is 0 Å². The Bertz CT molecular complexity index is 518. The van der Waals surface area contributed by atoms with Crippen LogP contribution in [0.1, 0.15) is 219 Å². The van der Waals surface area contributed by atoms with Crippen LogP contribution in [0, 0.1) is 23.2 Å². The number of aliphatic hydroxyl groups excluding tert-OH is 3. The minimum absolute atomic E-state index is 0.0600. The summed E-state index contributed by atoms with van der Waals surface area (Å²) in [5, 5.41) is 39.5. The fraction of sp³-hybridized carbons (Fsp3) is 1.00. The predicted octanol–water partition coefficient (Wildman–Crippen LogP) is 11.7. The van der Waals surface area contributed by atoms with Crippen molar-refractivity contribution in [2.45, 2.75) is 226 Å². The van der Waals surface area contributed by atoms with Crippen molar-refractivity contribution >= 4 is 0 Å². The summed E-state index contributed by atoms with van der Waals surface area (Å²) >= 11 is 0. The van der Waals surface area contributed by atoms with Gasteiger partial charge in [0.2, 0.25) is 0 Å². The fourth-order valence-electron chi connectivity index (χ4n) is 8.21. The maximum atomic E-state index is 10.2. The van der Waals surface area contributed by atoms with Gasteiger partial charge in [-0.05, 0) is 43.9 Å². The smallest absolute Gasteiger partial charge is 0.154 e. The summed E-state index contributed by atoms with van der Waals surface area (Å²) in [7, 11) is 0. The molecular formula is C41H82O4. The first-order chi connectivity index (χ1) is 22.0. The van der Waals surface area contributed by atoms with E-state index in [4.69, 9.17) is 0 Å². The van der Waals surface area contributed by atoms with Crippen LogP contribution in [0.2, 0.25) is 0 Å². The summed E-state index contributed by atoms with van der Waals surface area (Å²) in [6.45, 7) is 4.29. The van der Waals surface area contributed by atoms with Gasteiger partial charge in [0.05, 0.1) is 13.2 Å². The third-order valence-corrected chi connectivity index (χ3v) is 11.8. The number of hydrogen-bond donors (Lipinski definition) is 4. The van der Waals surface area contributed by atoms with Crippen LogP contribution in [0.3, 0.4) is 0 Å². The Balaban J connectivity index is 0.000000410. The second-order valence-electron chi connectivity index (χ2n) is 15.4. The second-order valence-corrected chi connectivity index (χ2v) is 15.4. The molecule has 0 aromatic heterocycles. The monoisotopic (exact) mass is 639 g/mol. The standard InChI is InChI=1S/C21H42O4.2C10H20/c1-3-17(13-18(4-2)20(24)25)14-19-11-9-7-5-6-8-10-12-21(19,15-22)16-23;2*1-2-4-6-8-10-9-7-5-3-1/h17-20,22-25H,3-16H2,1-2H3;2*1-10H2. The summed E-state index contributed by atoms with van der Waals surface area (Å²) in [4.78, 5) is 0. The fourth-order valence-corrected chi connectivity index (χ4v) is 8.21. The first kappa shape index (κ1) is 42.9. The predicted molar refractivity (Wildman–Crippen MR) is 194 cm³/mol. The molecule has 0 spiro atoms. The van der Waals surface area contributed by atoms with Crippen molar-refractivity contribution in [2.24, 2.45) is 23.2 Å². The van der Waals surface area contributed by atoms with Gasteiger partial charge in [0.25, 0.3) is 0 Å². The van der Waals surface area contributed by atoms with E-state index in [-0.39, 0.29) is 24.5 Å². The molecule has 3 saturated carbocycles. The molecule has 3 unspecified atom stereocenters. The summed E-state index contributed by atoms with van der Waals surface area (Å²) < 4.78 is 0. The normalized spacial score (nSPS) is 24.5. The largest absolute Gasteiger partial charge is 0.396 e. The Morgan fingerprint density at radius 2 is 0.822 bits per heavy atom. The van der Waals surface area contributed by atoms with Crippen molar-refractivity contribution in [3.05, 3.63) is 0 Å². The van der Waals surface area contributed by atoms with E-state index in [9.17, 15) is 20.4 Å². The molecule has 0 aromatic rings. The Morgan fingerprint density at radius 3 is 1.11 bits per heavy atom. The van der Waals surface area contributed by atoms with Crippen molar-refractivity contribution in [1.29, 1.82) is 0 Å². The van der Waals surface area contributed by atoms with Gasteiger partial charge in [-0.25, -0.2) is 0 Å². The van der Waals surface area contributed by atoms with E-state index < -0.39 is 6.29 Å². The SMILES string of the molecule is C1CCCCCCCCC1.C1CCCCCCCCC1.CCC(CC(CC)C(O)O)CC1CCCCCCCCC1(CO)CO. The summed E-state index contributed by atoms with van der Waals surface area (Å²) in [5.74, 6) is 0.651. The van der Waals surface area contributed by atoms with Gasteiger partial charge >= 0.3 is 0 Å². The van der Waals surface area contributed by atoms with Crippen molar-refractivity contribution in [3.8, 4) is 0 Å². The Morgan fingerprint density at radius 1 is 0.489 bits per heavy atom. The zero-order valence-electron chi connectivity index (χ0n) is 30.6. The maximum absolute atomic E-state index is 10.2. The first-order valence-corrected chi connectivity index (χ1v) is 20.6. The summed E-state index contributed by atoms with van der Waals surface area (Å²) in [6, 6.07) is 0. The van der Waals surface area contributed by atoms with E-state index in [2.05, 4.69) is 6.92 Å². The lowest BCUT2D eigenvalue weighted by atomic mass is 9.66. The molecule has 3 rings (SSSR count). The Hall–Kier alpha value is -0.160. The van der Waals surface area contributed by atoms with Gasteiger partial charge in [0.1, 0.15) is 0 Å². The number of hydrogen-bond acceptors (Lipinski definition) is 4. The molecular weight excluding hydrogens is 556 g/mol. The third kappa shape index (κ3) is 21.4. The Kier molecular flexibility index (Phi) is 28.5. The van der Waals surface area contributed by atoms with Gasteiger partial charge < -0.3 is 20.4 Å². The lowest BCUT2D eigenvalue weighted by Crippen LogP contribution is -2.39. The molecule has 45 heavy (non-hydrogen) atoms. The van der Waals surface area contributed by atoms with E-state index >= 15 is 0 Å². The Labute approximate surface area is 282 Å². The van der Waals surface area contributed by atoms with Crippen molar-refractivity contribution in [1.82, 2.24) is 0 Å². The van der Waals surface area contributed by atoms with Gasteiger partial charge in [0.15, 0.2) is 6.29 Å². The van der Waals surface area contributed by atoms with Gasteiger partial charge in [0, 0.05) is 11.3 Å². The zero-order chi connectivity index (χ0) is 32.9. The van der Waals surface area contributed by atoms with Gasteiger partial charge in [-0.15, -0.1) is 0 Å². The van der Waals surface area contributed by atoms with E-state index in [0.717, 1.165) is 44.9 Å². The molecule has 3 fully saturated rings. The van der Waals surface area contributed by atoms with Crippen LogP contribution >= 0.6 is 0 Å². The van der Waals surface area contributed by atoms with Gasteiger partial charge in [-0.3, -0.25) is 0 Å². The molecule has 0 bridgehead atoms. The molecule has 4 heteroatoms. The third-order valence-electron chi connectivity index (χ3n) is 11.8. The second kappa shape index (κ2) is 29.9. The van der Waals surface area contributed by atoms with E-state index in [0.29, 0.717) is 11.8 Å². The highest BCUT2D eigenvalue weighted by Gasteiger charge is 2.38. The minimum Gasteiger partial charge on any atom is -0.396 e. The quantitative estimate of drug-likeness (QED) is 0.189. The molecule has 0 heterocycles. The average Bonchev–Trinajstić information content (AvgIpc) is 3.07. The topological polar surface area (TPSA) is 80.9 Å². The van der Waals surface area contributed by atoms with Crippen molar-refractivity contribution in [2.75, 3.05) is 13.2 Å². The molecule has 0 radical (unpaired) electrons. The molecule has 0 saturated heterocycles. The van der Waals surface area contributed by atoms with E-state index in [1.54, 1.807) is 0 Å². The van der Waals surface area contributed by atoms with Gasteiger partial charge in [-0.2, -0.15) is 0 Å². The highest BCUT2D eigenvalue weighted by Crippen LogP contribution is 2.42. The molecule has 4 nitrogen and oxygen atoms in total. The van der Waals surface area contributed by atoms with E-state index in [1.807, 2.05) is 6.92 Å². The van der Waals surface area contributed by atoms with Crippen LogP contribution in [-0.2, 0) is 0 Å². The van der Waals surface area contributed by atoms with E-state index in [1.165, 1.54) is 161 Å². The molecule has 270 valence electrons. The average molecular weight is 639 g/mol. The van der Waals surface area contributed by atoms with Crippen LogP contribution < -0.4 is 0 Å². The molecule has 4 N–H and O–H groups in total. The maximum Gasteiger partial charge on any atom is 0.154 e.